The van der Waals surface area contributed by atoms with Crippen LogP contribution in [0.1, 0.15) is 0 Å². The Morgan fingerprint density at radius 3 is 2.62 bits per heavy atom. The summed E-state index contributed by atoms with van der Waals surface area (Å²) in [6.45, 7) is 0. The van der Waals surface area contributed by atoms with Crippen molar-refractivity contribution in [1.82, 2.24) is 19.5 Å². The Labute approximate surface area is 121 Å². The van der Waals surface area contributed by atoms with Gasteiger partial charge in [-0.15, -0.1) is 0 Å². The third-order valence-corrected chi connectivity index (χ3v) is 3.44. The van der Waals surface area contributed by atoms with E-state index in [0.717, 1.165) is 28.0 Å². The average molecular weight is 272 g/mol. The molecule has 1 aromatic carbocycles. The molecule has 3 heterocycles. The summed E-state index contributed by atoms with van der Waals surface area (Å²) in [6, 6.07) is 16.1. The van der Waals surface area contributed by atoms with Crippen LogP contribution in [-0.2, 0) is 0 Å². The number of rotatable bonds is 2. The van der Waals surface area contributed by atoms with Crippen LogP contribution < -0.4 is 0 Å². The Kier molecular flexibility index (Phi) is 2.71. The second kappa shape index (κ2) is 4.83. The molecule has 0 fully saturated rings. The fourth-order valence-corrected chi connectivity index (χ4v) is 2.40. The molecule has 0 N–H and O–H groups in total. The first kappa shape index (κ1) is 11.8. The van der Waals surface area contributed by atoms with Gasteiger partial charge in [-0.1, -0.05) is 18.2 Å². The SMILES string of the molecule is c1ccc(-n2cnc3cc(-c4cccnc4)ccc32)nc1. The average Bonchev–Trinajstić information content (AvgIpc) is 2.99. The topological polar surface area (TPSA) is 43.6 Å². The molecule has 0 atom stereocenters. The third-order valence-electron chi connectivity index (χ3n) is 3.44. The highest BCUT2D eigenvalue weighted by Gasteiger charge is 2.07. The molecule has 21 heavy (non-hydrogen) atoms. The summed E-state index contributed by atoms with van der Waals surface area (Å²) in [5.74, 6) is 0.870. The molecule has 0 saturated carbocycles. The van der Waals surface area contributed by atoms with E-state index in [2.05, 4.69) is 33.2 Å². The Hall–Kier alpha value is -3.01. The van der Waals surface area contributed by atoms with Gasteiger partial charge < -0.3 is 0 Å². The molecule has 0 saturated heterocycles. The van der Waals surface area contributed by atoms with Gasteiger partial charge in [-0.3, -0.25) is 9.55 Å². The predicted molar refractivity (Wildman–Crippen MR) is 82.1 cm³/mol. The molecule has 0 unspecified atom stereocenters. The highest BCUT2D eigenvalue weighted by molar-refractivity contribution is 5.83. The van der Waals surface area contributed by atoms with Gasteiger partial charge in [0.05, 0.1) is 11.0 Å². The lowest BCUT2D eigenvalue weighted by Gasteiger charge is -2.04. The largest absolute Gasteiger partial charge is 0.283 e. The van der Waals surface area contributed by atoms with Gasteiger partial charge in [0.1, 0.15) is 12.1 Å². The van der Waals surface area contributed by atoms with Gasteiger partial charge in [0.15, 0.2) is 0 Å². The molecule has 0 bridgehead atoms. The summed E-state index contributed by atoms with van der Waals surface area (Å²) in [4.78, 5) is 13.0. The van der Waals surface area contributed by atoms with Crippen LogP contribution in [0.5, 0.6) is 0 Å². The fourth-order valence-electron chi connectivity index (χ4n) is 2.40. The van der Waals surface area contributed by atoms with E-state index in [0.29, 0.717) is 0 Å². The summed E-state index contributed by atoms with van der Waals surface area (Å²) < 4.78 is 1.99. The van der Waals surface area contributed by atoms with Crippen molar-refractivity contribution >= 4 is 11.0 Å². The van der Waals surface area contributed by atoms with Crippen molar-refractivity contribution in [3.8, 4) is 16.9 Å². The number of aromatic nitrogens is 4. The number of nitrogens with zero attached hydrogens (tertiary/aromatic N) is 4. The van der Waals surface area contributed by atoms with Gasteiger partial charge in [0.25, 0.3) is 0 Å². The Morgan fingerprint density at radius 2 is 1.81 bits per heavy atom. The quantitative estimate of drug-likeness (QED) is 0.561. The maximum atomic E-state index is 4.48. The lowest BCUT2D eigenvalue weighted by molar-refractivity contribution is 1.02. The highest BCUT2D eigenvalue weighted by atomic mass is 15.1. The monoisotopic (exact) mass is 272 g/mol. The van der Waals surface area contributed by atoms with Crippen molar-refractivity contribution in [2.75, 3.05) is 0 Å². The molecule has 0 aliphatic heterocycles. The molecule has 0 radical (unpaired) electrons. The first-order chi connectivity index (χ1) is 10.4. The van der Waals surface area contributed by atoms with Crippen LogP contribution in [0, 0.1) is 0 Å². The minimum absolute atomic E-state index is 0.870. The maximum Gasteiger partial charge on any atom is 0.138 e. The van der Waals surface area contributed by atoms with Crippen LogP contribution in [-0.4, -0.2) is 19.5 Å². The summed E-state index contributed by atoms with van der Waals surface area (Å²) in [5.41, 5.74) is 4.19. The Morgan fingerprint density at radius 1 is 0.810 bits per heavy atom. The van der Waals surface area contributed by atoms with E-state index in [1.807, 2.05) is 41.1 Å². The molecule has 0 spiro atoms. The number of imidazole rings is 1. The molecule has 3 aromatic heterocycles. The molecule has 0 amide bonds. The normalized spacial score (nSPS) is 10.9. The van der Waals surface area contributed by atoms with E-state index in [4.69, 9.17) is 0 Å². The smallest absolute Gasteiger partial charge is 0.138 e. The second-order valence-electron chi connectivity index (χ2n) is 4.75. The molecule has 100 valence electrons. The van der Waals surface area contributed by atoms with Crippen molar-refractivity contribution in [1.29, 1.82) is 0 Å². The van der Waals surface area contributed by atoms with Crippen LogP contribution in [0.25, 0.3) is 28.0 Å². The zero-order chi connectivity index (χ0) is 14.1. The van der Waals surface area contributed by atoms with Crippen LogP contribution in [0.3, 0.4) is 0 Å². The minimum Gasteiger partial charge on any atom is -0.283 e. The van der Waals surface area contributed by atoms with Crippen molar-refractivity contribution in [2.24, 2.45) is 0 Å². The predicted octanol–water partition coefficient (Wildman–Crippen LogP) is 3.48. The van der Waals surface area contributed by atoms with E-state index in [-0.39, 0.29) is 0 Å². The second-order valence-corrected chi connectivity index (χ2v) is 4.75. The molecule has 0 aliphatic carbocycles. The first-order valence-corrected chi connectivity index (χ1v) is 6.71. The third kappa shape index (κ3) is 2.07. The summed E-state index contributed by atoms with van der Waals surface area (Å²) in [7, 11) is 0. The minimum atomic E-state index is 0.870. The number of fused-ring (bicyclic) bond motifs is 1. The molecule has 4 rings (SSSR count). The van der Waals surface area contributed by atoms with Crippen LogP contribution >= 0.6 is 0 Å². The van der Waals surface area contributed by atoms with Gasteiger partial charge in [-0.05, 0) is 35.9 Å². The van der Waals surface area contributed by atoms with Crippen molar-refractivity contribution in [2.45, 2.75) is 0 Å². The van der Waals surface area contributed by atoms with Gasteiger partial charge >= 0.3 is 0 Å². The Bertz CT molecular complexity index is 882. The number of benzene rings is 1. The number of pyridine rings is 2. The summed E-state index contributed by atoms with van der Waals surface area (Å²) in [5, 5.41) is 0. The van der Waals surface area contributed by atoms with E-state index in [1.165, 1.54) is 0 Å². The molecular formula is C17H12N4. The van der Waals surface area contributed by atoms with Gasteiger partial charge in [0, 0.05) is 24.2 Å². The lowest BCUT2D eigenvalue weighted by atomic mass is 10.1. The molecule has 4 heteroatoms. The zero-order valence-electron chi connectivity index (χ0n) is 11.2. The van der Waals surface area contributed by atoms with Crippen LogP contribution in [0.4, 0.5) is 0 Å². The van der Waals surface area contributed by atoms with E-state index < -0.39 is 0 Å². The van der Waals surface area contributed by atoms with Crippen LogP contribution in [0.2, 0.25) is 0 Å². The van der Waals surface area contributed by atoms with E-state index >= 15 is 0 Å². The van der Waals surface area contributed by atoms with E-state index in [1.54, 1.807) is 18.7 Å². The molecular weight excluding hydrogens is 260 g/mol. The van der Waals surface area contributed by atoms with E-state index in [9.17, 15) is 0 Å². The maximum absolute atomic E-state index is 4.48. The molecule has 4 aromatic rings. The molecule has 0 aliphatic rings. The van der Waals surface area contributed by atoms with Gasteiger partial charge in [0.2, 0.25) is 0 Å². The van der Waals surface area contributed by atoms with Gasteiger partial charge in [-0.2, -0.15) is 0 Å². The standard InChI is InChI=1S/C17H12N4/c1-2-9-19-17(5-1)21-12-20-15-10-13(6-7-16(15)21)14-4-3-8-18-11-14/h1-12H. The zero-order valence-corrected chi connectivity index (χ0v) is 11.2. The van der Waals surface area contributed by atoms with Gasteiger partial charge in [-0.25, -0.2) is 9.97 Å². The first-order valence-electron chi connectivity index (χ1n) is 6.71. The van der Waals surface area contributed by atoms with Crippen molar-refractivity contribution in [3.63, 3.8) is 0 Å². The van der Waals surface area contributed by atoms with Crippen molar-refractivity contribution in [3.05, 3.63) is 73.4 Å². The van der Waals surface area contributed by atoms with Crippen molar-refractivity contribution < 1.29 is 0 Å². The molecule has 4 nitrogen and oxygen atoms in total. The number of hydrogen-bond donors (Lipinski definition) is 0. The summed E-state index contributed by atoms with van der Waals surface area (Å²) in [6.07, 6.45) is 7.22. The number of hydrogen-bond acceptors (Lipinski definition) is 3. The lowest BCUT2D eigenvalue weighted by Crippen LogP contribution is -1.94. The Balaban J connectivity index is 1.85. The summed E-state index contributed by atoms with van der Waals surface area (Å²) >= 11 is 0. The van der Waals surface area contributed by atoms with Crippen LogP contribution in [0.15, 0.2) is 73.4 Å². The fraction of sp³-hybridized carbons (Fsp3) is 0. The highest BCUT2D eigenvalue weighted by Crippen LogP contribution is 2.24.